The van der Waals surface area contributed by atoms with E-state index in [0.717, 1.165) is 44.9 Å². The minimum atomic E-state index is -0.576. The lowest BCUT2D eigenvalue weighted by molar-refractivity contribution is -0.146. The molecule has 46 heavy (non-hydrogen) atoms. The lowest BCUT2D eigenvalue weighted by atomic mass is 9.90. The summed E-state index contributed by atoms with van der Waals surface area (Å²) in [7, 11) is 5.02. The number of rotatable bonds is 22. The molecule has 0 aromatic carbocycles. The van der Waals surface area contributed by atoms with E-state index in [1.807, 2.05) is 39.6 Å². The number of carbonyl (C=O) groups excluding carboxylic acids is 4. The van der Waals surface area contributed by atoms with Crippen LogP contribution in [0, 0.1) is 17.8 Å². The smallest absolute Gasteiger partial charge is 0.226 e. The monoisotopic (exact) mass is 650 g/mol. The van der Waals surface area contributed by atoms with Crippen LogP contribution in [0.2, 0.25) is 0 Å². The fourth-order valence-electron chi connectivity index (χ4n) is 6.95. The molecule has 7 unspecified atom stereocenters. The molecule has 1 fully saturated rings. The summed E-state index contributed by atoms with van der Waals surface area (Å²) in [5.74, 6) is -0.399. The summed E-state index contributed by atoms with van der Waals surface area (Å²) in [5, 5.41) is 3.07. The van der Waals surface area contributed by atoms with Gasteiger partial charge in [-0.25, -0.2) is 0 Å². The normalized spacial score (nSPS) is 19.3. The van der Waals surface area contributed by atoms with E-state index in [1.165, 1.54) is 5.57 Å². The van der Waals surface area contributed by atoms with E-state index < -0.39 is 24.2 Å². The Balaban J connectivity index is 3.18. The standard InChI is InChI=1S/C37H67N3O6/c1-12-17-28(18-13-2)23-29(31(41)19-14-3)38-37(44)27(8)36(46-11)30-20-16-21-40(30)34(43)24-32(45-10)35(26(7)15-4)39(9)33(42)22-25(5)6/h17,25-27,29-30,32,35-36H,12-16,18-24H2,1-11H3,(H,38,44)/b28-17+. The van der Waals surface area contributed by atoms with Crippen LogP contribution in [-0.4, -0.2) is 91.5 Å². The van der Waals surface area contributed by atoms with Gasteiger partial charge in [-0.15, -0.1) is 0 Å². The molecule has 266 valence electrons. The average Bonchev–Trinajstić information content (AvgIpc) is 3.50. The van der Waals surface area contributed by atoms with Gasteiger partial charge in [0.25, 0.3) is 0 Å². The van der Waals surface area contributed by atoms with Crippen molar-refractivity contribution >= 4 is 23.5 Å². The SMILES string of the molecule is CC/C=C(\CCC)CC(NC(=O)C(C)C(OC)C1CCCN1C(=O)CC(OC)C(C(C)CC)N(C)C(=O)CC(C)C)C(=O)CCC. The number of nitrogens with zero attached hydrogens (tertiary/aromatic N) is 2. The van der Waals surface area contributed by atoms with Crippen LogP contribution in [0.3, 0.4) is 0 Å². The Morgan fingerprint density at radius 3 is 2.11 bits per heavy atom. The van der Waals surface area contributed by atoms with E-state index in [4.69, 9.17) is 9.47 Å². The fraction of sp³-hybridized carbons (Fsp3) is 0.838. The molecule has 1 aliphatic heterocycles. The van der Waals surface area contributed by atoms with E-state index in [2.05, 4.69) is 39.1 Å². The second-order valence-electron chi connectivity index (χ2n) is 13.7. The number of hydrogen-bond donors (Lipinski definition) is 1. The molecule has 0 aromatic rings. The molecule has 9 nitrogen and oxygen atoms in total. The molecule has 1 heterocycles. The van der Waals surface area contributed by atoms with Crippen molar-refractivity contribution in [3.05, 3.63) is 11.6 Å². The first-order chi connectivity index (χ1) is 21.8. The molecule has 1 aliphatic rings. The van der Waals surface area contributed by atoms with Crippen molar-refractivity contribution < 1.29 is 28.7 Å². The molecule has 9 heteroatoms. The zero-order valence-electron chi connectivity index (χ0n) is 31.0. The van der Waals surface area contributed by atoms with Gasteiger partial charge in [0.1, 0.15) is 0 Å². The first-order valence-electron chi connectivity index (χ1n) is 17.9. The van der Waals surface area contributed by atoms with Gasteiger partial charge >= 0.3 is 0 Å². The Hall–Kier alpha value is -2.26. The highest BCUT2D eigenvalue weighted by molar-refractivity contribution is 5.90. The maximum absolute atomic E-state index is 13.9. The fourth-order valence-corrected chi connectivity index (χ4v) is 6.95. The minimum Gasteiger partial charge on any atom is -0.379 e. The molecule has 0 saturated carbocycles. The maximum atomic E-state index is 13.9. The number of methoxy groups -OCH3 is 2. The third-order valence-electron chi connectivity index (χ3n) is 9.62. The Morgan fingerprint density at radius 1 is 0.935 bits per heavy atom. The van der Waals surface area contributed by atoms with Crippen molar-refractivity contribution in [3.63, 3.8) is 0 Å². The number of allylic oxidation sites excluding steroid dienone is 1. The number of likely N-dealkylation sites (N-methyl/N-ethyl adjacent to an activating group) is 1. The van der Waals surface area contributed by atoms with Crippen LogP contribution in [0.15, 0.2) is 11.6 Å². The maximum Gasteiger partial charge on any atom is 0.226 e. The van der Waals surface area contributed by atoms with Gasteiger partial charge in [0.05, 0.1) is 42.7 Å². The highest BCUT2D eigenvalue weighted by atomic mass is 16.5. The number of amides is 3. The number of ether oxygens (including phenoxy) is 2. The zero-order chi connectivity index (χ0) is 35.0. The topological polar surface area (TPSA) is 105 Å². The molecule has 1 rings (SSSR count). The number of ketones is 1. The van der Waals surface area contributed by atoms with Crippen LogP contribution in [0.25, 0.3) is 0 Å². The van der Waals surface area contributed by atoms with Gasteiger partial charge in [-0.3, -0.25) is 19.2 Å². The molecule has 1 saturated heterocycles. The molecule has 0 bridgehead atoms. The summed E-state index contributed by atoms with van der Waals surface area (Å²) in [6.07, 6.45) is 8.56. The van der Waals surface area contributed by atoms with Gasteiger partial charge in [0, 0.05) is 40.7 Å². The van der Waals surface area contributed by atoms with Crippen molar-refractivity contribution in [1.82, 2.24) is 15.1 Å². The molecule has 0 aromatic heterocycles. The molecule has 7 atom stereocenters. The number of Topliss-reactive ketones (excluding diaryl/α,β-unsaturated/α-hetero) is 1. The summed E-state index contributed by atoms with van der Waals surface area (Å²) < 4.78 is 11.9. The Kier molecular flexibility index (Phi) is 19.6. The van der Waals surface area contributed by atoms with E-state index in [-0.39, 0.29) is 53.8 Å². The Morgan fingerprint density at radius 2 is 1.59 bits per heavy atom. The predicted molar refractivity (Wildman–Crippen MR) is 185 cm³/mol. The van der Waals surface area contributed by atoms with Crippen LogP contribution in [-0.2, 0) is 28.7 Å². The minimum absolute atomic E-state index is 0.0473. The Bertz CT molecular complexity index is 982. The third kappa shape index (κ3) is 12.4. The lowest BCUT2D eigenvalue weighted by Gasteiger charge is -2.39. The van der Waals surface area contributed by atoms with Crippen molar-refractivity contribution in [3.8, 4) is 0 Å². The van der Waals surface area contributed by atoms with Crippen LogP contribution in [0.1, 0.15) is 126 Å². The number of carbonyl (C=O) groups is 4. The summed E-state index contributed by atoms with van der Waals surface area (Å²) in [4.78, 5) is 57.5. The van der Waals surface area contributed by atoms with Crippen LogP contribution in [0.4, 0.5) is 0 Å². The van der Waals surface area contributed by atoms with E-state index in [1.54, 1.807) is 19.1 Å². The van der Waals surface area contributed by atoms with Crippen LogP contribution in [0.5, 0.6) is 0 Å². The quantitative estimate of drug-likeness (QED) is 0.137. The largest absolute Gasteiger partial charge is 0.379 e. The van der Waals surface area contributed by atoms with E-state index in [9.17, 15) is 19.2 Å². The number of nitrogens with one attached hydrogen (secondary N) is 1. The van der Waals surface area contributed by atoms with Gasteiger partial charge in [-0.05, 0) is 50.4 Å². The van der Waals surface area contributed by atoms with Crippen molar-refractivity contribution in [2.75, 3.05) is 27.8 Å². The van der Waals surface area contributed by atoms with Crippen LogP contribution >= 0.6 is 0 Å². The highest BCUT2D eigenvalue weighted by Crippen LogP contribution is 2.30. The van der Waals surface area contributed by atoms with Crippen molar-refractivity contribution in [2.45, 2.75) is 156 Å². The summed E-state index contributed by atoms with van der Waals surface area (Å²) >= 11 is 0. The third-order valence-corrected chi connectivity index (χ3v) is 9.62. The molecule has 0 aliphatic carbocycles. The lowest BCUT2D eigenvalue weighted by Crippen LogP contribution is -2.54. The molecule has 3 amide bonds. The van der Waals surface area contributed by atoms with Gasteiger partial charge in [-0.1, -0.05) is 79.9 Å². The number of hydrogen-bond acceptors (Lipinski definition) is 6. The average molecular weight is 650 g/mol. The van der Waals surface area contributed by atoms with Crippen molar-refractivity contribution in [1.29, 1.82) is 0 Å². The summed E-state index contributed by atoms with van der Waals surface area (Å²) in [6.45, 7) is 16.8. The van der Waals surface area contributed by atoms with E-state index in [0.29, 0.717) is 25.8 Å². The van der Waals surface area contributed by atoms with Gasteiger partial charge in [0.2, 0.25) is 17.7 Å². The summed E-state index contributed by atoms with van der Waals surface area (Å²) in [5.41, 5.74) is 1.20. The molecular weight excluding hydrogens is 582 g/mol. The van der Waals surface area contributed by atoms with Gasteiger partial charge in [-0.2, -0.15) is 0 Å². The second kappa shape index (κ2) is 21.6. The molecule has 1 N–H and O–H groups in total. The van der Waals surface area contributed by atoms with E-state index >= 15 is 0 Å². The van der Waals surface area contributed by atoms with Gasteiger partial charge < -0.3 is 24.6 Å². The molecular formula is C37H67N3O6. The first-order valence-corrected chi connectivity index (χ1v) is 17.9. The summed E-state index contributed by atoms with van der Waals surface area (Å²) in [6, 6.07) is -1.10. The first kappa shape index (κ1) is 41.8. The highest BCUT2D eigenvalue weighted by Gasteiger charge is 2.42. The molecule has 0 radical (unpaired) electrons. The predicted octanol–water partition coefficient (Wildman–Crippen LogP) is 6.33. The Labute approximate surface area is 280 Å². The second-order valence-corrected chi connectivity index (χ2v) is 13.7. The zero-order valence-corrected chi connectivity index (χ0v) is 31.0. The van der Waals surface area contributed by atoms with Gasteiger partial charge in [0.15, 0.2) is 5.78 Å². The number of likely N-dealkylation sites (tertiary alicyclic amines) is 1. The van der Waals surface area contributed by atoms with Crippen molar-refractivity contribution in [2.24, 2.45) is 17.8 Å². The van der Waals surface area contributed by atoms with Crippen LogP contribution < -0.4 is 5.32 Å². The molecule has 0 spiro atoms.